The first-order valence-electron chi connectivity index (χ1n) is 11.2. The largest absolute Gasteiger partial charge is 0.317 e. The number of carbonyl (C=O) groups is 2. The van der Waals surface area contributed by atoms with Crippen LogP contribution in [-0.2, 0) is 24.8 Å². The van der Waals surface area contributed by atoms with E-state index in [1.165, 1.54) is 4.68 Å². The molecule has 2 heterocycles. The highest BCUT2D eigenvalue weighted by molar-refractivity contribution is 6.04. The van der Waals surface area contributed by atoms with Crippen molar-refractivity contribution in [1.29, 1.82) is 0 Å². The fourth-order valence-corrected chi connectivity index (χ4v) is 3.77. The van der Waals surface area contributed by atoms with Crippen molar-refractivity contribution in [3.63, 3.8) is 0 Å². The number of nitrogens with one attached hydrogen (secondary N) is 2. The summed E-state index contributed by atoms with van der Waals surface area (Å²) < 4.78 is 3.37. The Morgan fingerprint density at radius 3 is 2.21 bits per heavy atom. The maximum Gasteiger partial charge on any atom is 0.276 e. The Morgan fingerprint density at radius 1 is 0.882 bits per heavy atom. The zero-order valence-electron chi connectivity index (χ0n) is 19.6. The smallest absolute Gasteiger partial charge is 0.276 e. The molecule has 2 aromatic carbocycles. The molecule has 0 aliphatic heterocycles. The molecule has 4 rings (SSSR count). The number of benzene rings is 2. The van der Waals surface area contributed by atoms with E-state index in [9.17, 15) is 9.59 Å². The van der Waals surface area contributed by atoms with E-state index in [1.807, 2.05) is 79.2 Å². The number of nitrogens with zero attached hydrogens (tertiary/aromatic N) is 4. The maximum atomic E-state index is 12.9. The van der Waals surface area contributed by atoms with Crippen LogP contribution in [0.1, 0.15) is 39.4 Å². The molecule has 2 aromatic heterocycles. The minimum Gasteiger partial charge on any atom is -0.317 e. The normalized spacial score (nSPS) is 10.8. The zero-order chi connectivity index (χ0) is 24.1. The van der Waals surface area contributed by atoms with E-state index in [0.29, 0.717) is 30.9 Å². The summed E-state index contributed by atoms with van der Waals surface area (Å²) in [6.45, 7) is 4.41. The molecule has 2 amide bonds. The number of aromatic nitrogens is 4. The van der Waals surface area contributed by atoms with Crippen LogP contribution in [0.25, 0.3) is 0 Å². The molecule has 0 fully saturated rings. The summed E-state index contributed by atoms with van der Waals surface area (Å²) in [5.41, 5.74) is 4.70. The molecule has 0 aliphatic carbocycles. The lowest BCUT2D eigenvalue weighted by Gasteiger charge is -2.06. The van der Waals surface area contributed by atoms with Gasteiger partial charge in [-0.15, -0.1) is 0 Å². The predicted molar refractivity (Wildman–Crippen MR) is 132 cm³/mol. The minimum atomic E-state index is -0.356. The summed E-state index contributed by atoms with van der Waals surface area (Å²) in [4.78, 5) is 25.3. The molecule has 0 spiro atoms. The molecule has 0 bridgehead atoms. The molecule has 2 N–H and O–H groups in total. The van der Waals surface area contributed by atoms with Crippen molar-refractivity contribution < 1.29 is 9.59 Å². The fourth-order valence-electron chi connectivity index (χ4n) is 3.77. The van der Waals surface area contributed by atoms with Gasteiger partial charge in [0, 0.05) is 19.5 Å². The Morgan fingerprint density at radius 2 is 1.53 bits per heavy atom. The number of anilines is 2. The highest BCUT2D eigenvalue weighted by Crippen LogP contribution is 2.22. The van der Waals surface area contributed by atoms with Gasteiger partial charge in [-0.05, 0) is 31.4 Å². The Labute approximate surface area is 198 Å². The van der Waals surface area contributed by atoms with E-state index < -0.39 is 0 Å². The number of aryl methyl sites for hydroxylation is 3. The van der Waals surface area contributed by atoms with Crippen LogP contribution in [0, 0.1) is 13.8 Å². The molecule has 8 heteroatoms. The fraction of sp³-hybridized carbons (Fsp3) is 0.231. The molecule has 0 saturated carbocycles. The number of hydrogen-bond donors (Lipinski definition) is 2. The summed E-state index contributed by atoms with van der Waals surface area (Å²) >= 11 is 0. The van der Waals surface area contributed by atoms with Crippen molar-refractivity contribution in [2.24, 2.45) is 7.05 Å². The molecule has 8 nitrogen and oxygen atoms in total. The van der Waals surface area contributed by atoms with Crippen molar-refractivity contribution in [3.05, 3.63) is 94.9 Å². The lowest BCUT2D eigenvalue weighted by molar-refractivity contribution is -0.116. The van der Waals surface area contributed by atoms with Crippen LogP contribution >= 0.6 is 0 Å². The SMILES string of the molecule is Cc1nn(Cc2ccccc2)c(C)c1NC(=O)c1cc(NC(=O)CCc2ccccc2)n(C)n1. The third-order valence-corrected chi connectivity index (χ3v) is 5.66. The average Bonchev–Trinajstić information content (AvgIpc) is 3.33. The van der Waals surface area contributed by atoms with Crippen molar-refractivity contribution >= 4 is 23.3 Å². The van der Waals surface area contributed by atoms with E-state index in [4.69, 9.17) is 0 Å². The number of carbonyl (C=O) groups excluding carboxylic acids is 2. The Bertz CT molecular complexity index is 1290. The van der Waals surface area contributed by atoms with E-state index in [-0.39, 0.29) is 17.5 Å². The highest BCUT2D eigenvalue weighted by atomic mass is 16.2. The lowest BCUT2D eigenvalue weighted by Crippen LogP contribution is -2.15. The summed E-state index contributed by atoms with van der Waals surface area (Å²) in [5.74, 6) is -0.0186. The summed E-state index contributed by atoms with van der Waals surface area (Å²) in [5, 5.41) is 14.6. The van der Waals surface area contributed by atoms with Crippen LogP contribution in [0.2, 0.25) is 0 Å². The first kappa shape index (κ1) is 23.0. The van der Waals surface area contributed by atoms with Crippen LogP contribution in [-0.4, -0.2) is 31.4 Å². The number of hydrogen-bond acceptors (Lipinski definition) is 4. The second kappa shape index (κ2) is 10.2. The summed E-state index contributed by atoms with van der Waals surface area (Å²) in [7, 11) is 1.69. The Kier molecular flexibility index (Phi) is 6.87. The second-order valence-electron chi connectivity index (χ2n) is 8.22. The molecule has 174 valence electrons. The number of rotatable bonds is 8. The van der Waals surface area contributed by atoms with Gasteiger partial charge in [0.05, 0.1) is 23.6 Å². The van der Waals surface area contributed by atoms with Crippen LogP contribution in [0.4, 0.5) is 11.5 Å². The van der Waals surface area contributed by atoms with E-state index >= 15 is 0 Å². The first-order valence-corrected chi connectivity index (χ1v) is 11.2. The monoisotopic (exact) mass is 456 g/mol. The maximum absolute atomic E-state index is 12.9. The van der Waals surface area contributed by atoms with E-state index in [1.54, 1.807) is 13.1 Å². The molecule has 0 aliphatic rings. The molecule has 0 radical (unpaired) electrons. The van der Waals surface area contributed by atoms with Gasteiger partial charge >= 0.3 is 0 Å². The van der Waals surface area contributed by atoms with Crippen LogP contribution in [0.15, 0.2) is 66.7 Å². The van der Waals surface area contributed by atoms with Gasteiger partial charge in [0.1, 0.15) is 5.82 Å². The second-order valence-corrected chi connectivity index (χ2v) is 8.22. The Hall–Kier alpha value is -4.20. The quantitative estimate of drug-likeness (QED) is 0.417. The molecule has 0 saturated heterocycles. The first-order chi connectivity index (χ1) is 16.4. The average molecular weight is 457 g/mol. The number of amides is 2. The zero-order valence-corrected chi connectivity index (χ0v) is 19.6. The van der Waals surface area contributed by atoms with Crippen LogP contribution in [0.3, 0.4) is 0 Å². The van der Waals surface area contributed by atoms with Gasteiger partial charge in [0.2, 0.25) is 5.91 Å². The van der Waals surface area contributed by atoms with Crippen LogP contribution < -0.4 is 10.6 Å². The van der Waals surface area contributed by atoms with Crippen molar-refractivity contribution in [2.45, 2.75) is 33.2 Å². The van der Waals surface area contributed by atoms with Gasteiger partial charge in [-0.3, -0.25) is 19.0 Å². The highest BCUT2D eigenvalue weighted by Gasteiger charge is 2.19. The van der Waals surface area contributed by atoms with Crippen molar-refractivity contribution in [1.82, 2.24) is 19.6 Å². The van der Waals surface area contributed by atoms with Gasteiger partial charge in [-0.1, -0.05) is 60.7 Å². The summed E-state index contributed by atoms with van der Waals surface area (Å²) in [6, 6.07) is 21.4. The molecule has 4 aromatic rings. The molecular weight excluding hydrogens is 428 g/mol. The van der Waals surface area contributed by atoms with Crippen molar-refractivity contribution in [3.8, 4) is 0 Å². The molecule has 0 atom stereocenters. The third-order valence-electron chi connectivity index (χ3n) is 5.66. The van der Waals surface area contributed by atoms with Gasteiger partial charge in [0.15, 0.2) is 5.69 Å². The molecule has 34 heavy (non-hydrogen) atoms. The summed E-state index contributed by atoms with van der Waals surface area (Å²) in [6.07, 6.45) is 0.985. The topological polar surface area (TPSA) is 93.8 Å². The third kappa shape index (κ3) is 5.40. The van der Waals surface area contributed by atoms with Gasteiger partial charge in [-0.2, -0.15) is 10.2 Å². The van der Waals surface area contributed by atoms with Gasteiger partial charge in [0.25, 0.3) is 5.91 Å². The predicted octanol–water partition coefficient (Wildman–Crippen LogP) is 4.11. The van der Waals surface area contributed by atoms with Gasteiger partial charge in [-0.25, -0.2) is 0 Å². The van der Waals surface area contributed by atoms with Crippen molar-refractivity contribution in [2.75, 3.05) is 10.6 Å². The molecule has 0 unspecified atom stereocenters. The standard InChI is InChI=1S/C26H28N6O2/c1-18-25(19(2)32(29-18)17-21-12-8-5-9-13-21)28-26(34)22-16-23(31(3)30-22)27-24(33)15-14-20-10-6-4-7-11-20/h4-13,16H,14-15,17H2,1-3H3,(H,27,33)(H,28,34). The minimum absolute atomic E-state index is 0.132. The molecular formula is C26H28N6O2. The van der Waals surface area contributed by atoms with E-state index in [0.717, 1.165) is 22.5 Å². The van der Waals surface area contributed by atoms with Gasteiger partial charge < -0.3 is 10.6 Å². The Balaban J connectivity index is 1.40. The van der Waals surface area contributed by atoms with Crippen LogP contribution in [0.5, 0.6) is 0 Å². The van der Waals surface area contributed by atoms with E-state index in [2.05, 4.69) is 20.8 Å². The lowest BCUT2D eigenvalue weighted by atomic mass is 10.1.